The summed E-state index contributed by atoms with van der Waals surface area (Å²) >= 11 is 0. The van der Waals surface area contributed by atoms with Crippen molar-refractivity contribution in [1.82, 2.24) is 20.4 Å². The Morgan fingerprint density at radius 3 is 2.50 bits per heavy atom. The lowest BCUT2D eigenvalue weighted by Crippen LogP contribution is -2.60. The molecule has 2 aliphatic rings. The highest BCUT2D eigenvalue weighted by molar-refractivity contribution is 6.47. The van der Waals surface area contributed by atoms with Crippen LogP contribution >= 0.6 is 0 Å². The first kappa shape index (κ1) is 28.3. The summed E-state index contributed by atoms with van der Waals surface area (Å²) in [6, 6.07) is 2.13. The molecule has 2 atom stereocenters. The molecule has 0 spiro atoms. The molecule has 5 N–H and O–H groups in total. The van der Waals surface area contributed by atoms with Crippen molar-refractivity contribution in [3.63, 3.8) is 0 Å². The molecule has 0 saturated carbocycles. The largest absolute Gasteiger partial charge is 0.547 e. The number of rotatable bonds is 6. The third-order valence-electron chi connectivity index (χ3n) is 6.52. The molecule has 0 bridgehead atoms. The molecule has 0 aromatic heterocycles. The van der Waals surface area contributed by atoms with Crippen molar-refractivity contribution < 1.29 is 52.6 Å². The monoisotopic (exact) mass is 560 g/mol. The molecule has 2 heterocycles. The van der Waals surface area contributed by atoms with Gasteiger partial charge in [0.05, 0.1) is 5.94 Å². The van der Waals surface area contributed by atoms with Crippen LogP contribution in [-0.2, 0) is 20.8 Å². The van der Waals surface area contributed by atoms with Gasteiger partial charge in [0.2, 0.25) is 5.91 Å². The standard InChI is InChI=1S/C24H23BF2N4O9/c1-2-30-7-8-31(22(35)21(30)34)24(38)29-18(11-4-6-15(32)14(27)9-11)20(33)28-16-10-12-3-5-13(26)17(23(36)37)19(12)40-25(16)39/h3-6,9,16,18,32,39H,2,7-8,10H2,1H3,(H,28,33)(H,29,38)(H,36,37)/t16-,18?/m0/s1. The maximum Gasteiger partial charge on any atom is 0.547 e. The normalized spacial score (nSPS) is 17.6. The molecule has 1 unspecified atom stereocenters. The van der Waals surface area contributed by atoms with Gasteiger partial charge in [0.1, 0.15) is 23.2 Å². The smallest absolute Gasteiger partial charge is 0.534 e. The summed E-state index contributed by atoms with van der Waals surface area (Å²) in [4.78, 5) is 64.3. The number of piperazine rings is 1. The van der Waals surface area contributed by atoms with Gasteiger partial charge < -0.3 is 35.4 Å². The second kappa shape index (κ2) is 11.2. The molecule has 5 amide bonds. The van der Waals surface area contributed by atoms with Gasteiger partial charge in [-0.05, 0) is 42.7 Å². The van der Waals surface area contributed by atoms with E-state index >= 15 is 0 Å². The lowest BCUT2D eigenvalue weighted by Gasteiger charge is -2.33. The van der Waals surface area contributed by atoms with Crippen molar-refractivity contribution in [1.29, 1.82) is 0 Å². The van der Waals surface area contributed by atoms with Crippen LogP contribution in [0.3, 0.4) is 0 Å². The van der Waals surface area contributed by atoms with Crippen molar-refractivity contribution in [2.24, 2.45) is 0 Å². The van der Waals surface area contributed by atoms with Crippen LogP contribution in [0.1, 0.15) is 34.5 Å². The van der Waals surface area contributed by atoms with E-state index in [1.807, 2.05) is 0 Å². The number of carbonyl (C=O) groups excluding carboxylic acids is 4. The number of carboxylic acid groups (broad SMARTS) is 1. The number of carboxylic acids is 1. The number of fused-ring (bicyclic) bond motifs is 1. The molecular formula is C24H23BF2N4O9. The number of amides is 5. The topological polar surface area (TPSA) is 186 Å². The number of benzene rings is 2. The summed E-state index contributed by atoms with van der Waals surface area (Å²) in [7, 11) is -1.84. The number of nitrogens with one attached hydrogen (secondary N) is 2. The van der Waals surface area contributed by atoms with Crippen molar-refractivity contribution in [2.45, 2.75) is 25.3 Å². The summed E-state index contributed by atoms with van der Waals surface area (Å²) < 4.78 is 33.4. The fraction of sp³-hybridized carbons (Fsp3) is 0.292. The van der Waals surface area contributed by atoms with Gasteiger partial charge in [-0.25, -0.2) is 18.4 Å². The maximum absolute atomic E-state index is 14.2. The minimum atomic E-state index is -1.84. The Hall–Kier alpha value is -4.73. The highest BCUT2D eigenvalue weighted by atomic mass is 19.1. The van der Waals surface area contributed by atoms with Gasteiger partial charge in [0.25, 0.3) is 0 Å². The third-order valence-corrected chi connectivity index (χ3v) is 6.52. The van der Waals surface area contributed by atoms with Crippen LogP contribution in [0.2, 0.25) is 0 Å². The van der Waals surface area contributed by atoms with Crippen LogP contribution in [0.15, 0.2) is 30.3 Å². The number of urea groups is 1. The summed E-state index contributed by atoms with van der Waals surface area (Å²) in [5.74, 6) is -9.28. The number of imide groups is 1. The lowest BCUT2D eigenvalue weighted by molar-refractivity contribution is -0.153. The van der Waals surface area contributed by atoms with Gasteiger partial charge in [-0.15, -0.1) is 0 Å². The molecule has 2 aromatic carbocycles. The molecule has 16 heteroatoms. The van der Waals surface area contributed by atoms with Gasteiger partial charge in [0, 0.05) is 19.6 Å². The Morgan fingerprint density at radius 1 is 1.12 bits per heavy atom. The van der Waals surface area contributed by atoms with E-state index < -0.39 is 77.5 Å². The molecular weight excluding hydrogens is 537 g/mol. The average Bonchev–Trinajstić information content (AvgIpc) is 2.90. The van der Waals surface area contributed by atoms with Gasteiger partial charge in [0.15, 0.2) is 11.6 Å². The zero-order valence-electron chi connectivity index (χ0n) is 20.9. The van der Waals surface area contributed by atoms with E-state index in [0.29, 0.717) is 4.90 Å². The summed E-state index contributed by atoms with van der Waals surface area (Å²) in [6.45, 7) is 1.79. The molecule has 210 valence electrons. The van der Waals surface area contributed by atoms with E-state index in [-0.39, 0.29) is 37.2 Å². The fourth-order valence-electron chi connectivity index (χ4n) is 4.40. The number of phenols is 1. The van der Waals surface area contributed by atoms with Gasteiger partial charge in [-0.3, -0.25) is 19.3 Å². The Kier molecular flexibility index (Phi) is 7.90. The third kappa shape index (κ3) is 5.38. The van der Waals surface area contributed by atoms with E-state index in [1.165, 1.54) is 11.0 Å². The molecule has 4 rings (SSSR count). The minimum Gasteiger partial charge on any atom is -0.534 e. The Balaban J connectivity index is 1.58. The second-order valence-electron chi connectivity index (χ2n) is 8.98. The predicted octanol–water partition coefficient (Wildman–Crippen LogP) is -0.0504. The number of phenolic OH excluding ortho intramolecular Hbond substituents is 1. The fourth-order valence-corrected chi connectivity index (χ4v) is 4.40. The van der Waals surface area contributed by atoms with Gasteiger partial charge in [-0.2, -0.15) is 0 Å². The number of likely N-dealkylation sites (N-methyl/N-ethyl adjacent to an activating group) is 1. The number of aromatic carboxylic acids is 1. The molecule has 0 aliphatic carbocycles. The molecule has 1 fully saturated rings. The van der Waals surface area contributed by atoms with Gasteiger partial charge in [-0.1, -0.05) is 12.1 Å². The zero-order valence-corrected chi connectivity index (χ0v) is 20.9. The van der Waals surface area contributed by atoms with E-state index in [2.05, 4.69) is 10.6 Å². The Morgan fingerprint density at radius 2 is 1.85 bits per heavy atom. The summed E-state index contributed by atoms with van der Waals surface area (Å²) in [6.07, 6.45) is -0.209. The van der Waals surface area contributed by atoms with Crippen LogP contribution in [0.25, 0.3) is 0 Å². The average molecular weight is 560 g/mol. The molecule has 1 saturated heterocycles. The quantitative estimate of drug-likeness (QED) is 0.239. The highest BCUT2D eigenvalue weighted by Gasteiger charge is 2.41. The Labute approximate surface area is 225 Å². The molecule has 0 radical (unpaired) electrons. The second-order valence-corrected chi connectivity index (χ2v) is 8.98. The van der Waals surface area contributed by atoms with E-state index in [1.54, 1.807) is 6.92 Å². The first-order chi connectivity index (χ1) is 18.9. The van der Waals surface area contributed by atoms with Crippen LogP contribution in [-0.4, -0.2) is 87.5 Å². The van der Waals surface area contributed by atoms with Crippen LogP contribution in [0, 0.1) is 11.6 Å². The predicted molar refractivity (Wildman–Crippen MR) is 131 cm³/mol. The number of hydrogen-bond acceptors (Lipinski definition) is 8. The first-order valence-corrected chi connectivity index (χ1v) is 12.0. The molecule has 13 nitrogen and oxygen atoms in total. The van der Waals surface area contributed by atoms with Gasteiger partial charge >= 0.3 is 30.9 Å². The van der Waals surface area contributed by atoms with E-state index in [0.717, 1.165) is 24.3 Å². The van der Waals surface area contributed by atoms with Crippen molar-refractivity contribution >= 4 is 36.8 Å². The van der Waals surface area contributed by atoms with Crippen LogP contribution in [0.4, 0.5) is 13.6 Å². The Bertz CT molecular complexity index is 1410. The number of halogens is 2. The van der Waals surface area contributed by atoms with Crippen LogP contribution < -0.4 is 15.3 Å². The molecule has 2 aliphatic heterocycles. The summed E-state index contributed by atoms with van der Waals surface area (Å²) in [5, 5.41) is 34.0. The lowest BCUT2D eigenvalue weighted by atomic mass is 9.72. The van der Waals surface area contributed by atoms with Crippen molar-refractivity contribution in [2.75, 3.05) is 19.6 Å². The number of aromatic hydroxyl groups is 1. The first-order valence-electron chi connectivity index (χ1n) is 12.0. The number of hydrogen-bond donors (Lipinski definition) is 5. The number of carbonyl (C=O) groups is 5. The number of nitrogens with zero attached hydrogens (tertiary/aromatic N) is 2. The zero-order chi connectivity index (χ0) is 29.3. The van der Waals surface area contributed by atoms with Crippen LogP contribution in [0.5, 0.6) is 11.5 Å². The van der Waals surface area contributed by atoms with Crippen molar-refractivity contribution in [3.8, 4) is 11.5 Å². The minimum absolute atomic E-state index is 0.0587. The highest BCUT2D eigenvalue weighted by Crippen LogP contribution is 2.32. The van der Waals surface area contributed by atoms with E-state index in [4.69, 9.17) is 4.65 Å². The summed E-state index contributed by atoms with van der Waals surface area (Å²) in [5.41, 5.74) is -0.800. The maximum atomic E-state index is 14.2. The SMILES string of the molecule is CCN1CCN(C(=O)NC(C(=O)N[C@H]2Cc3ccc(F)c(C(=O)O)c3OB2O)c2ccc(O)c(F)c2)C(=O)C1=O. The van der Waals surface area contributed by atoms with E-state index in [9.17, 15) is 48.0 Å². The molecule has 40 heavy (non-hydrogen) atoms. The van der Waals surface area contributed by atoms with Crippen molar-refractivity contribution in [3.05, 3.63) is 58.7 Å². The molecule has 2 aromatic rings.